The van der Waals surface area contributed by atoms with Gasteiger partial charge in [-0.25, -0.2) is 22.2 Å². The molecule has 0 amide bonds. The summed E-state index contributed by atoms with van der Waals surface area (Å²) in [6.45, 7) is 5.21. The van der Waals surface area contributed by atoms with Crippen LogP contribution in [0.2, 0.25) is 0 Å². The summed E-state index contributed by atoms with van der Waals surface area (Å²) >= 11 is 0. The minimum Gasteiger partial charge on any atom is -0.395 e. The normalized spacial score (nSPS) is 16.6. The number of benzene rings is 1. The van der Waals surface area contributed by atoms with E-state index in [0.29, 0.717) is 5.82 Å². The lowest BCUT2D eigenvalue weighted by molar-refractivity contribution is 0.114. The highest BCUT2D eigenvalue weighted by molar-refractivity contribution is 7.92. The summed E-state index contributed by atoms with van der Waals surface area (Å²) in [5.41, 5.74) is -0.0709. The van der Waals surface area contributed by atoms with E-state index >= 15 is 0 Å². The van der Waals surface area contributed by atoms with E-state index in [-0.39, 0.29) is 23.2 Å². The van der Waals surface area contributed by atoms with Gasteiger partial charge < -0.3 is 10.0 Å². The van der Waals surface area contributed by atoms with Crippen molar-refractivity contribution in [3.05, 3.63) is 48.2 Å². The number of pyridine rings is 1. The van der Waals surface area contributed by atoms with Crippen molar-refractivity contribution in [3.8, 4) is 0 Å². The fourth-order valence-electron chi connectivity index (χ4n) is 3.31. The fourth-order valence-corrected chi connectivity index (χ4v) is 4.30. The lowest BCUT2D eigenvalue weighted by Gasteiger charge is -2.39. The maximum atomic E-state index is 13.3. The monoisotopic (exact) mass is 426 g/mol. The first-order chi connectivity index (χ1) is 13.8. The Morgan fingerprint density at radius 1 is 1.14 bits per heavy atom. The van der Waals surface area contributed by atoms with Crippen LogP contribution in [0.3, 0.4) is 0 Å². The summed E-state index contributed by atoms with van der Waals surface area (Å²) in [5.74, 6) is -1.53. The fraction of sp³-hybridized carbons (Fsp3) is 0.421. The standard InChI is InChI=1S/C19H24F2N4O3S/c1-2-15(13-26)24-7-9-25(10-8-24)19-6-4-16(12-22-19)29(27,28)23-14-3-5-17(20)18(21)11-14/h3-6,11-12,15,23,26H,2,7-10,13H2,1H3. The summed E-state index contributed by atoms with van der Waals surface area (Å²) < 4.78 is 53.4. The molecule has 158 valence electrons. The Morgan fingerprint density at radius 3 is 2.41 bits per heavy atom. The SMILES string of the molecule is CCC(CO)N1CCN(c2ccc(S(=O)(=O)Nc3ccc(F)c(F)c3)cn2)CC1. The van der Waals surface area contributed by atoms with Gasteiger partial charge in [0, 0.05) is 44.5 Å². The van der Waals surface area contributed by atoms with Crippen molar-refractivity contribution >= 4 is 21.5 Å². The number of piperazine rings is 1. The molecule has 1 aromatic heterocycles. The number of aliphatic hydroxyl groups excluding tert-OH is 1. The molecule has 0 radical (unpaired) electrons. The molecular formula is C19H24F2N4O3S. The predicted octanol–water partition coefficient (Wildman–Crippen LogP) is 2.05. The van der Waals surface area contributed by atoms with Gasteiger partial charge in [-0.2, -0.15) is 0 Å². The van der Waals surface area contributed by atoms with E-state index in [1.54, 1.807) is 6.07 Å². The molecule has 0 saturated carbocycles. The van der Waals surface area contributed by atoms with Gasteiger partial charge in [-0.05, 0) is 30.7 Å². The van der Waals surface area contributed by atoms with Crippen LogP contribution >= 0.6 is 0 Å². The number of nitrogens with one attached hydrogen (secondary N) is 1. The molecule has 1 aliphatic rings. The second-order valence-corrected chi connectivity index (χ2v) is 8.54. The molecule has 2 heterocycles. The minimum atomic E-state index is -3.97. The number of anilines is 2. The maximum Gasteiger partial charge on any atom is 0.263 e. The van der Waals surface area contributed by atoms with Crippen molar-refractivity contribution in [2.45, 2.75) is 24.3 Å². The largest absolute Gasteiger partial charge is 0.395 e. The third kappa shape index (κ3) is 5.01. The van der Waals surface area contributed by atoms with Gasteiger partial charge >= 0.3 is 0 Å². The number of halogens is 2. The van der Waals surface area contributed by atoms with Crippen LogP contribution in [0.1, 0.15) is 13.3 Å². The summed E-state index contributed by atoms with van der Waals surface area (Å²) in [7, 11) is -3.97. The molecule has 0 spiro atoms. The Morgan fingerprint density at radius 2 is 1.86 bits per heavy atom. The average molecular weight is 426 g/mol. The predicted molar refractivity (Wildman–Crippen MR) is 106 cm³/mol. The number of aromatic nitrogens is 1. The summed E-state index contributed by atoms with van der Waals surface area (Å²) in [6.07, 6.45) is 2.12. The van der Waals surface area contributed by atoms with Crippen LogP contribution in [0.4, 0.5) is 20.3 Å². The molecule has 7 nitrogen and oxygen atoms in total. The molecule has 2 aromatic rings. The number of aliphatic hydroxyl groups is 1. The molecule has 3 rings (SSSR count). The van der Waals surface area contributed by atoms with Crippen LogP contribution in [0.15, 0.2) is 41.4 Å². The van der Waals surface area contributed by atoms with Crippen LogP contribution in [-0.4, -0.2) is 62.2 Å². The number of nitrogens with zero attached hydrogens (tertiary/aromatic N) is 3. The van der Waals surface area contributed by atoms with Crippen molar-refractivity contribution in [1.82, 2.24) is 9.88 Å². The van der Waals surface area contributed by atoms with Crippen molar-refractivity contribution in [2.24, 2.45) is 0 Å². The Hall–Kier alpha value is -2.30. The van der Waals surface area contributed by atoms with Gasteiger partial charge in [0.2, 0.25) is 0 Å². The highest BCUT2D eigenvalue weighted by Crippen LogP contribution is 2.21. The lowest BCUT2D eigenvalue weighted by atomic mass is 10.1. The van der Waals surface area contributed by atoms with Crippen LogP contribution in [0.5, 0.6) is 0 Å². The van der Waals surface area contributed by atoms with Crippen LogP contribution in [0, 0.1) is 11.6 Å². The van der Waals surface area contributed by atoms with Gasteiger partial charge in [0.15, 0.2) is 11.6 Å². The maximum absolute atomic E-state index is 13.3. The van der Waals surface area contributed by atoms with E-state index in [2.05, 4.69) is 19.5 Å². The number of sulfonamides is 1. The Labute approximate surface area is 169 Å². The second-order valence-electron chi connectivity index (χ2n) is 6.85. The molecule has 1 unspecified atom stereocenters. The molecule has 1 saturated heterocycles. The molecule has 1 atom stereocenters. The molecule has 10 heteroatoms. The van der Waals surface area contributed by atoms with Gasteiger partial charge in [-0.1, -0.05) is 6.92 Å². The van der Waals surface area contributed by atoms with Crippen molar-refractivity contribution in [2.75, 3.05) is 42.4 Å². The third-order valence-electron chi connectivity index (χ3n) is 5.04. The molecule has 2 N–H and O–H groups in total. The van der Waals surface area contributed by atoms with E-state index in [4.69, 9.17) is 0 Å². The third-order valence-corrected chi connectivity index (χ3v) is 6.41. The van der Waals surface area contributed by atoms with Crippen molar-refractivity contribution < 1.29 is 22.3 Å². The molecule has 1 aromatic carbocycles. The highest BCUT2D eigenvalue weighted by atomic mass is 32.2. The van der Waals surface area contributed by atoms with Gasteiger partial charge in [0.25, 0.3) is 10.0 Å². The zero-order chi connectivity index (χ0) is 21.0. The minimum absolute atomic E-state index is 0.0709. The van der Waals surface area contributed by atoms with Crippen molar-refractivity contribution in [3.63, 3.8) is 0 Å². The summed E-state index contributed by atoms with van der Waals surface area (Å²) in [5, 5.41) is 9.43. The zero-order valence-corrected chi connectivity index (χ0v) is 16.9. The molecule has 29 heavy (non-hydrogen) atoms. The number of hydrogen-bond acceptors (Lipinski definition) is 6. The Kier molecular flexibility index (Phi) is 6.66. The summed E-state index contributed by atoms with van der Waals surface area (Å²) in [4.78, 5) is 8.48. The summed E-state index contributed by atoms with van der Waals surface area (Å²) in [6, 6.07) is 5.99. The molecular weight excluding hydrogens is 402 g/mol. The highest BCUT2D eigenvalue weighted by Gasteiger charge is 2.23. The Bertz CT molecular complexity index is 929. The van der Waals surface area contributed by atoms with Crippen molar-refractivity contribution in [1.29, 1.82) is 0 Å². The van der Waals surface area contributed by atoms with Gasteiger partial charge in [0.05, 0.1) is 12.3 Å². The Balaban J connectivity index is 1.66. The van der Waals surface area contributed by atoms with E-state index in [1.165, 1.54) is 12.3 Å². The molecule has 1 fully saturated rings. The van der Waals surface area contributed by atoms with Gasteiger partial charge in [-0.15, -0.1) is 0 Å². The van der Waals surface area contributed by atoms with E-state index in [9.17, 15) is 22.3 Å². The lowest BCUT2D eigenvalue weighted by Crippen LogP contribution is -2.51. The van der Waals surface area contributed by atoms with E-state index in [0.717, 1.165) is 50.8 Å². The van der Waals surface area contributed by atoms with Crippen LogP contribution < -0.4 is 9.62 Å². The quantitative estimate of drug-likeness (QED) is 0.705. The molecule has 0 bridgehead atoms. The first kappa shape index (κ1) is 21.4. The topological polar surface area (TPSA) is 85.8 Å². The number of hydrogen-bond donors (Lipinski definition) is 2. The average Bonchev–Trinajstić information content (AvgIpc) is 2.72. The van der Waals surface area contributed by atoms with Gasteiger partial charge in [-0.3, -0.25) is 9.62 Å². The van der Waals surface area contributed by atoms with E-state index < -0.39 is 21.7 Å². The number of rotatable bonds is 7. The van der Waals surface area contributed by atoms with Gasteiger partial charge in [0.1, 0.15) is 10.7 Å². The van der Waals surface area contributed by atoms with E-state index in [1.807, 2.05) is 6.92 Å². The first-order valence-corrected chi connectivity index (χ1v) is 10.9. The first-order valence-electron chi connectivity index (χ1n) is 9.38. The van der Waals surface area contributed by atoms with Crippen LogP contribution in [-0.2, 0) is 10.0 Å². The second kappa shape index (κ2) is 9.02. The zero-order valence-electron chi connectivity index (χ0n) is 16.1. The smallest absolute Gasteiger partial charge is 0.263 e. The molecule has 0 aliphatic carbocycles. The molecule has 1 aliphatic heterocycles. The van der Waals surface area contributed by atoms with Crippen LogP contribution in [0.25, 0.3) is 0 Å².